The van der Waals surface area contributed by atoms with Crippen molar-refractivity contribution in [2.24, 2.45) is 17.3 Å². The largest absolute Gasteiger partial charge is 0.497 e. The average Bonchev–Trinajstić information content (AvgIpc) is 2.77. The van der Waals surface area contributed by atoms with Gasteiger partial charge in [0.2, 0.25) is 0 Å². The lowest BCUT2D eigenvalue weighted by Crippen LogP contribution is -2.58. The van der Waals surface area contributed by atoms with Crippen LogP contribution in [0.1, 0.15) is 111 Å². The summed E-state index contributed by atoms with van der Waals surface area (Å²) in [7, 11) is 0. The van der Waals surface area contributed by atoms with Crippen molar-refractivity contribution in [2.75, 3.05) is 26.4 Å². The average molecular weight is 505 g/mol. The maximum Gasteiger partial charge on any atom is 0.334 e. The van der Waals surface area contributed by atoms with Gasteiger partial charge in [0, 0.05) is 12.0 Å². The van der Waals surface area contributed by atoms with Gasteiger partial charge in [0.15, 0.2) is 0 Å². The molecule has 0 aromatic heterocycles. The lowest BCUT2D eigenvalue weighted by atomic mass is 9.47. The molecule has 0 radical (unpaired) electrons. The molecule has 2 aliphatic heterocycles. The number of unbranched alkanes of at least 4 members (excludes halogenated alkanes) is 2. The predicted molar refractivity (Wildman–Crippen MR) is 138 cm³/mol. The first kappa shape index (κ1) is 26.5. The van der Waals surface area contributed by atoms with Gasteiger partial charge in [-0.1, -0.05) is 0 Å². The maximum absolute atomic E-state index is 12.1. The number of allylic oxidation sites excluding steroid dienone is 1. The van der Waals surface area contributed by atoms with Crippen LogP contribution >= 0.6 is 0 Å². The van der Waals surface area contributed by atoms with Crippen molar-refractivity contribution in [1.82, 2.24) is 0 Å². The van der Waals surface area contributed by atoms with Crippen LogP contribution in [0.5, 0.6) is 0 Å². The van der Waals surface area contributed by atoms with Crippen LogP contribution in [0.25, 0.3) is 0 Å². The van der Waals surface area contributed by atoms with Crippen molar-refractivity contribution in [3.8, 4) is 0 Å². The Labute approximate surface area is 217 Å². The number of carboxylic acids is 1. The third kappa shape index (κ3) is 5.51. The molecule has 4 aliphatic carbocycles. The number of rotatable bonds is 14. The van der Waals surface area contributed by atoms with Gasteiger partial charge >= 0.3 is 5.97 Å². The summed E-state index contributed by atoms with van der Waals surface area (Å²) in [4.78, 5) is 12.1. The molecular formula is C30H48O6. The van der Waals surface area contributed by atoms with Crippen LogP contribution in [0.3, 0.4) is 0 Å². The second kappa shape index (κ2) is 10.2. The molecule has 6 rings (SSSR count). The summed E-state index contributed by atoms with van der Waals surface area (Å²) in [6, 6.07) is 0. The molecule has 36 heavy (non-hydrogen) atoms. The van der Waals surface area contributed by atoms with Crippen molar-refractivity contribution in [3.63, 3.8) is 0 Å². The fraction of sp³-hybridized carbons (Fsp3) is 0.900. The molecule has 2 saturated heterocycles. The molecule has 1 N–H and O–H groups in total. The van der Waals surface area contributed by atoms with E-state index in [1.54, 1.807) is 6.92 Å². The molecule has 0 spiro atoms. The molecule has 4 bridgehead atoms. The van der Waals surface area contributed by atoms with Crippen molar-refractivity contribution < 1.29 is 28.8 Å². The van der Waals surface area contributed by atoms with E-state index in [1.165, 1.54) is 12.8 Å². The second-order valence-corrected chi connectivity index (χ2v) is 13.4. The van der Waals surface area contributed by atoms with Gasteiger partial charge in [0.25, 0.3) is 0 Å². The van der Waals surface area contributed by atoms with E-state index in [0.717, 1.165) is 103 Å². The summed E-state index contributed by atoms with van der Waals surface area (Å²) < 4.78 is 24.6. The predicted octanol–water partition coefficient (Wildman–Crippen LogP) is 6.42. The minimum absolute atomic E-state index is 0.0436. The highest BCUT2D eigenvalue weighted by Gasteiger charge is 2.60. The van der Waals surface area contributed by atoms with Crippen LogP contribution in [0, 0.1) is 17.3 Å². The van der Waals surface area contributed by atoms with Gasteiger partial charge in [0.05, 0.1) is 42.2 Å². The number of ether oxygens (including phenoxy) is 4. The summed E-state index contributed by atoms with van der Waals surface area (Å²) in [5.74, 6) is 1.14. The van der Waals surface area contributed by atoms with Gasteiger partial charge in [-0.25, -0.2) is 4.79 Å². The first-order valence-electron chi connectivity index (χ1n) is 14.6. The SMILES string of the molecule is CC(C(=O)O)=C(OCCCCC1(C)CCO1)C12CC3CC(CC(OCCCCC4(C)CCO4)(C3)C1)C2. The van der Waals surface area contributed by atoms with E-state index >= 15 is 0 Å². The minimum Gasteiger partial charge on any atom is -0.497 e. The van der Waals surface area contributed by atoms with E-state index < -0.39 is 5.97 Å². The smallest absolute Gasteiger partial charge is 0.334 e. The fourth-order valence-electron chi connectivity index (χ4n) is 8.33. The Morgan fingerprint density at radius 3 is 1.94 bits per heavy atom. The van der Waals surface area contributed by atoms with E-state index in [2.05, 4.69) is 13.8 Å². The van der Waals surface area contributed by atoms with E-state index in [1.807, 2.05) is 0 Å². The van der Waals surface area contributed by atoms with Gasteiger partial charge in [-0.3, -0.25) is 0 Å². The van der Waals surface area contributed by atoms with Crippen molar-refractivity contribution in [1.29, 1.82) is 0 Å². The van der Waals surface area contributed by atoms with Crippen LogP contribution in [-0.2, 0) is 23.7 Å². The Kier molecular flexibility index (Phi) is 7.52. The molecule has 6 nitrogen and oxygen atoms in total. The first-order valence-corrected chi connectivity index (χ1v) is 14.6. The molecule has 2 heterocycles. The number of carboxylic acid groups (broad SMARTS) is 1. The summed E-state index contributed by atoms with van der Waals surface area (Å²) in [6.45, 7) is 9.32. The van der Waals surface area contributed by atoms with Gasteiger partial charge in [0.1, 0.15) is 5.76 Å². The molecule has 6 fully saturated rings. The summed E-state index contributed by atoms with van der Waals surface area (Å²) >= 11 is 0. The zero-order chi connectivity index (χ0) is 25.4. The van der Waals surface area contributed by atoms with Gasteiger partial charge in [-0.2, -0.15) is 0 Å². The zero-order valence-electron chi connectivity index (χ0n) is 22.9. The Morgan fingerprint density at radius 1 is 0.889 bits per heavy atom. The highest BCUT2D eigenvalue weighted by Crippen LogP contribution is 2.65. The molecule has 0 amide bonds. The van der Waals surface area contributed by atoms with E-state index in [0.29, 0.717) is 24.0 Å². The molecule has 0 aromatic carbocycles. The number of hydrogen-bond donors (Lipinski definition) is 1. The highest BCUT2D eigenvalue weighted by molar-refractivity contribution is 5.86. The topological polar surface area (TPSA) is 74.2 Å². The zero-order valence-corrected chi connectivity index (χ0v) is 22.9. The molecule has 6 heteroatoms. The number of aliphatic carboxylic acids is 1. The van der Waals surface area contributed by atoms with Crippen molar-refractivity contribution >= 4 is 5.97 Å². The molecular weight excluding hydrogens is 456 g/mol. The van der Waals surface area contributed by atoms with Crippen LogP contribution in [0.4, 0.5) is 0 Å². The first-order chi connectivity index (χ1) is 17.1. The Morgan fingerprint density at radius 2 is 1.44 bits per heavy atom. The van der Waals surface area contributed by atoms with Crippen molar-refractivity contribution in [2.45, 2.75) is 127 Å². The quantitative estimate of drug-likeness (QED) is 0.167. The third-order valence-electron chi connectivity index (χ3n) is 10.2. The number of hydrogen-bond acceptors (Lipinski definition) is 5. The Bertz CT molecular complexity index is 824. The summed E-state index contributed by atoms with van der Waals surface area (Å²) in [5, 5.41) is 9.96. The Balaban J connectivity index is 1.20. The third-order valence-corrected chi connectivity index (χ3v) is 10.2. The molecule has 4 unspecified atom stereocenters. The summed E-state index contributed by atoms with van der Waals surface area (Å²) in [5.41, 5.74) is 0.253. The van der Waals surface area contributed by atoms with Gasteiger partial charge in [-0.05, 0) is 122 Å². The molecule has 0 aromatic rings. The van der Waals surface area contributed by atoms with Crippen LogP contribution in [0.15, 0.2) is 11.3 Å². The lowest BCUT2D eigenvalue weighted by Gasteiger charge is -2.62. The van der Waals surface area contributed by atoms with Gasteiger partial charge < -0.3 is 24.1 Å². The standard InChI is InChI=1S/C30H48O6/c1-22(26(31)32)25(33-12-6-4-8-27(2)10-14-34-27)29-17-23-16-24(18-29)20-30(19-23,21-29)36-13-7-5-9-28(3)11-15-35-28/h23-24H,4-21H2,1-3H3,(H,31,32). The molecule has 6 aliphatic rings. The second-order valence-electron chi connectivity index (χ2n) is 13.4. The van der Waals surface area contributed by atoms with E-state index in [-0.39, 0.29) is 22.2 Å². The molecule has 4 atom stereocenters. The van der Waals surface area contributed by atoms with E-state index in [4.69, 9.17) is 18.9 Å². The van der Waals surface area contributed by atoms with Crippen LogP contribution < -0.4 is 0 Å². The van der Waals surface area contributed by atoms with Crippen LogP contribution in [0.2, 0.25) is 0 Å². The van der Waals surface area contributed by atoms with Crippen LogP contribution in [-0.4, -0.2) is 54.3 Å². The normalized spacial score (nSPS) is 41.4. The monoisotopic (exact) mass is 504 g/mol. The fourth-order valence-corrected chi connectivity index (χ4v) is 8.33. The lowest BCUT2D eigenvalue weighted by molar-refractivity contribution is -0.193. The maximum atomic E-state index is 12.1. The highest BCUT2D eigenvalue weighted by atomic mass is 16.5. The van der Waals surface area contributed by atoms with Gasteiger partial charge in [-0.15, -0.1) is 0 Å². The number of carbonyl (C=O) groups is 1. The molecule has 4 saturated carbocycles. The minimum atomic E-state index is -0.849. The Hall–Kier alpha value is -1.11. The summed E-state index contributed by atoms with van der Waals surface area (Å²) in [6.07, 6.45) is 15.2. The van der Waals surface area contributed by atoms with E-state index in [9.17, 15) is 9.90 Å². The van der Waals surface area contributed by atoms with Crippen molar-refractivity contribution in [3.05, 3.63) is 11.3 Å². The molecule has 204 valence electrons.